The van der Waals surface area contributed by atoms with Gasteiger partial charge in [0.2, 0.25) is 0 Å². The van der Waals surface area contributed by atoms with Crippen molar-refractivity contribution >= 4 is 41.1 Å². The summed E-state index contributed by atoms with van der Waals surface area (Å²) in [5, 5.41) is -1.08. The molecule has 0 unspecified atom stereocenters. The fourth-order valence-electron chi connectivity index (χ4n) is 2.52. The molecule has 174 valence electrons. The smallest absolute Gasteiger partial charge is 0.744 e. The molecule has 0 fully saturated rings. The van der Waals surface area contributed by atoms with E-state index in [2.05, 4.69) is 4.18 Å². The zero-order chi connectivity index (χ0) is 24.0. The zero-order valence-corrected chi connectivity index (χ0v) is 25.9. The molecule has 0 spiro atoms. The van der Waals surface area contributed by atoms with Gasteiger partial charge >= 0.3 is 115 Å². The van der Waals surface area contributed by atoms with Crippen molar-refractivity contribution in [2.45, 2.75) is 39.9 Å². The number of hydrogen-bond acceptors (Lipinski definition) is 9. The second-order valence-electron chi connectivity index (χ2n) is 6.14. The number of alkyl halides is 4. The topological polar surface area (TPSA) is 158 Å². The molecule has 0 saturated heterocycles. The minimum Gasteiger partial charge on any atom is -0.744 e. The van der Waals surface area contributed by atoms with Crippen LogP contribution >= 0.6 is 0 Å². The van der Waals surface area contributed by atoms with Gasteiger partial charge in [0.05, 0.1) is 9.79 Å². The zero-order valence-electron chi connectivity index (χ0n) is 17.2. The average Bonchev–Trinajstić information content (AvgIpc) is 2.63. The Morgan fingerprint density at radius 2 is 1.36 bits per heavy atom. The molecule has 0 radical (unpaired) electrons. The minimum atomic E-state index is -6.03. The van der Waals surface area contributed by atoms with Gasteiger partial charge in [-0.2, -0.15) is 26.0 Å². The van der Waals surface area contributed by atoms with Crippen molar-refractivity contribution < 1.29 is 159 Å². The number of rotatable bonds is 8. The van der Waals surface area contributed by atoms with Crippen molar-refractivity contribution in [3.8, 4) is 0 Å². The third kappa shape index (κ3) is 7.71. The second-order valence-corrected chi connectivity index (χ2v) is 10.4. The molecule has 0 aliphatic heterocycles. The maximum atomic E-state index is 13.7. The van der Waals surface area contributed by atoms with Gasteiger partial charge in [0.1, 0.15) is 31.7 Å². The van der Waals surface area contributed by atoms with Gasteiger partial charge in [0.25, 0.3) is 10.1 Å². The van der Waals surface area contributed by atoms with Crippen molar-refractivity contribution in [1.82, 2.24) is 0 Å². The molecule has 0 aliphatic carbocycles. The first-order chi connectivity index (χ1) is 13.9. The summed E-state index contributed by atoms with van der Waals surface area (Å²) in [6, 6.07) is 4.60. The SMILES string of the molecule is CCC(F)(F)C(F)(F)COS(=O)(=O)c1c(S(=O)(=O)[O-])c(S(=O)(=O)[O-])cc2ccccc12.[K+].[K+]. The predicted octanol–water partition coefficient (Wildman–Crippen LogP) is -3.96. The fraction of sp³-hybridized carbons (Fsp3) is 0.333. The van der Waals surface area contributed by atoms with E-state index in [1.54, 1.807) is 0 Å². The normalized spacial score (nSPS) is 13.3. The van der Waals surface area contributed by atoms with Crippen molar-refractivity contribution in [2.24, 2.45) is 0 Å². The molecule has 0 aromatic heterocycles. The van der Waals surface area contributed by atoms with Crippen molar-refractivity contribution in [3.05, 3.63) is 30.3 Å². The molecule has 0 bridgehead atoms. The van der Waals surface area contributed by atoms with E-state index >= 15 is 0 Å². The number of benzene rings is 2. The largest absolute Gasteiger partial charge is 1.00 e. The summed E-state index contributed by atoms with van der Waals surface area (Å²) in [7, 11) is -17.6. The summed E-state index contributed by atoms with van der Waals surface area (Å²) < 4.78 is 153. The third-order valence-electron chi connectivity index (χ3n) is 4.07. The first-order valence-electron chi connectivity index (χ1n) is 7.98. The van der Waals surface area contributed by atoms with Gasteiger partial charge in [-0.25, -0.2) is 16.8 Å². The molecule has 0 heterocycles. The number of fused-ring (bicyclic) bond motifs is 1. The van der Waals surface area contributed by atoms with Crippen LogP contribution in [0.2, 0.25) is 0 Å². The van der Waals surface area contributed by atoms with Crippen LogP contribution in [-0.4, -0.2) is 52.8 Å². The van der Waals surface area contributed by atoms with Crippen LogP contribution in [0.1, 0.15) is 13.3 Å². The van der Waals surface area contributed by atoms with Crippen molar-refractivity contribution in [3.63, 3.8) is 0 Å². The van der Waals surface area contributed by atoms with E-state index in [0.29, 0.717) is 13.0 Å². The van der Waals surface area contributed by atoms with E-state index in [1.807, 2.05) is 0 Å². The van der Waals surface area contributed by atoms with Crippen LogP contribution in [0.25, 0.3) is 10.8 Å². The van der Waals surface area contributed by atoms with Crippen LogP contribution < -0.4 is 103 Å². The molecule has 2 aromatic rings. The Morgan fingerprint density at radius 1 is 0.848 bits per heavy atom. The van der Waals surface area contributed by atoms with Crippen LogP contribution in [0.15, 0.2) is 45.0 Å². The van der Waals surface area contributed by atoms with Crippen LogP contribution in [0.5, 0.6) is 0 Å². The molecule has 0 atom stereocenters. The van der Waals surface area contributed by atoms with Crippen molar-refractivity contribution in [1.29, 1.82) is 0 Å². The van der Waals surface area contributed by atoms with Crippen LogP contribution in [0.4, 0.5) is 17.6 Å². The molecule has 0 N–H and O–H groups in total. The maximum Gasteiger partial charge on any atom is 1.00 e. The van der Waals surface area contributed by atoms with Gasteiger partial charge in [0.15, 0.2) is 0 Å². The Hall–Kier alpha value is 1.42. The summed E-state index contributed by atoms with van der Waals surface area (Å²) in [4.78, 5) is -5.56. The van der Waals surface area contributed by atoms with E-state index in [0.717, 1.165) is 18.2 Å². The quantitative estimate of drug-likeness (QED) is 0.130. The van der Waals surface area contributed by atoms with Crippen LogP contribution in [-0.2, 0) is 34.5 Å². The molecule has 2 aromatic carbocycles. The van der Waals surface area contributed by atoms with E-state index in [9.17, 15) is 51.9 Å². The summed E-state index contributed by atoms with van der Waals surface area (Å²) in [5.41, 5.74) is 0. The van der Waals surface area contributed by atoms with Crippen LogP contribution in [0, 0.1) is 0 Å². The maximum absolute atomic E-state index is 13.7. The Bertz CT molecular complexity index is 1350. The number of hydrogen-bond donors (Lipinski definition) is 0. The predicted molar refractivity (Wildman–Crippen MR) is 93.2 cm³/mol. The molecule has 33 heavy (non-hydrogen) atoms. The van der Waals surface area contributed by atoms with Gasteiger partial charge in [0, 0.05) is 11.8 Å². The summed E-state index contributed by atoms with van der Waals surface area (Å²) in [6.07, 6.45) is -1.41. The van der Waals surface area contributed by atoms with Gasteiger partial charge in [-0.1, -0.05) is 31.2 Å². The van der Waals surface area contributed by atoms with Gasteiger partial charge < -0.3 is 9.11 Å². The molecule has 0 saturated carbocycles. The van der Waals surface area contributed by atoms with Gasteiger partial charge in [-0.05, 0) is 11.5 Å². The first kappa shape index (κ1) is 34.4. The van der Waals surface area contributed by atoms with Gasteiger partial charge in [-0.15, -0.1) is 0 Å². The molecule has 2 rings (SSSR count). The molecule has 0 aliphatic rings. The Kier molecular flexibility index (Phi) is 12.4. The Morgan fingerprint density at radius 3 is 1.82 bits per heavy atom. The average molecular weight is 587 g/mol. The molecular weight excluding hydrogens is 575 g/mol. The summed E-state index contributed by atoms with van der Waals surface area (Å²) >= 11 is 0. The van der Waals surface area contributed by atoms with Crippen molar-refractivity contribution in [2.75, 3.05) is 6.61 Å². The molecule has 9 nitrogen and oxygen atoms in total. The fourth-order valence-corrected chi connectivity index (χ4v) is 6.26. The second kappa shape index (κ2) is 11.9. The van der Waals surface area contributed by atoms with E-state index in [4.69, 9.17) is 0 Å². The monoisotopic (exact) mass is 586 g/mol. The molecule has 0 amide bonds. The first-order valence-corrected chi connectivity index (χ1v) is 12.2. The third-order valence-corrected chi connectivity index (χ3v) is 7.46. The van der Waals surface area contributed by atoms with E-state index in [1.165, 1.54) is 6.07 Å². The minimum absolute atomic E-state index is 0. The number of halogens is 4. The molecular formula is C15H12F4K2O9S3. The molecule has 18 heteroatoms. The van der Waals surface area contributed by atoms with E-state index in [-0.39, 0.29) is 103 Å². The standard InChI is InChI=1S/C15H14F4O9S3.2K/c1-2-14(16,17)15(18,19)8-28-31(26,27)12-10-6-4-3-5-9(10)7-11(29(20,21)22)13(12)30(23,24)25;;/h3-7H,2,8H2,1H3,(H,20,21,22)(H,23,24,25);;/q;2*+1/p-2. The Labute approximate surface area is 272 Å². The summed E-state index contributed by atoms with van der Waals surface area (Å²) in [5.74, 6) is -9.75. The summed E-state index contributed by atoms with van der Waals surface area (Å²) in [6.45, 7) is -1.78. The van der Waals surface area contributed by atoms with E-state index < -0.39 is 80.7 Å². The Balaban J connectivity index is 0.00000512. The van der Waals surface area contributed by atoms with Gasteiger partial charge in [-0.3, -0.25) is 4.18 Å². The van der Waals surface area contributed by atoms with Crippen LogP contribution in [0.3, 0.4) is 0 Å².